The van der Waals surface area contributed by atoms with E-state index in [1.54, 1.807) is 0 Å². The fourth-order valence-corrected chi connectivity index (χ4v) is 4.30. The van der Waals surface area contributed by atoms with Crippen LogP contribution >= 0.6 is 11.6 Å². The van der Waals surface area contributed by atoms with Gasteiger partial charge in [-0.2, -0.15) is 0 Å². The van der Waals surface area contributed by atoms with E-state index < -0.39 is 0 Å². The second-order valence-electron chi connectivity index (χ2n) is 7.99. The standard InChI is InChI=1S/C26H25ClN4O/c1-18(20-6-9-25(29-17-20)31-12-14-32-15-13-31)30-21-7-8-24(27)23(16-21)26-22-5-3-2-4-19(22)10-11-28-26/h2-11,16-18,30H,12-15H2,1H3. The number of nitrogens with zero attached hydrogens (tertiary/aromatic N) is 3. The van der Waals surface area contributed by atoms with E-state index in [-0.39, 0.29) is 6.04 Å². The maximum Gasteiger partial charge on any atom is 0.128 e. The van der Waals surface area contributed by atoms with Crippen LogP contribution in [0.4, 0.5) is 11.5 Å². The first kappa shape index (κ1) is 20.7. The van der Waals surface area contributed by atoms with Crippen LogP contribution in [0.5, 0.6) is 0 Å². The average Bonchev–Trinajstić information content (AvgIpc) is 2.85. The molecule has 0 aliphatic carbocycles. The third kappa shape index (κ3) is 4.27. The van der Waals surface area contributed by atoms with Crippen molar-refractivity contribution < 1.29 is 4.74 Å². The minimum atomic E-state index is 0.0933. The molecule has 4 aromatic rings. The Hall–Kier alpha value is -3.15. The summed E-state index contributed by atoms with van der Waals surface area (Å²) in [6.45, 7) is 5.42. The number of morpholine rings is 1. The number of rotatable bonds is 5. The summed E-state index contributed by atoms with van der Waals surface area (Å²) in [5.74, 6) is 1.00. The minimum absolute atomic E-state index is 0.0933. The molecule has 5 rings (SSSR count). The van der Waals surface area contributed by atoms with Gasteiger partial charge in [-0.3, -0.25) is 4.98 Å². The molecule has 0 spiro atoms. The number of hydrogen-bond donors (Lipinski definition) is 1. The molecule has 1 aliphatic rings. The lowest BCUT2D eigenvalue weighted by Crippen LogP contribution is -2.36. The van der Waals surface area contributed by atoms with Gasteiger partial charge in [-0.25, -0.2) is 4.98 Å². The van der Waals surface area contributed by atoms with Crippen LogP contribution in [0.3, 0.4) is 0 Å². The Bertz CT molecular complexity index is 1220. The first-order valence-electron chi connectivity index (χ1n) is 10.9. The number of nitrogens with one attached hydrogen (secondary N) is 1. The van der Waals surface area contributed by atoms with Crippen molar-refractivity contribution in [2.45, 2.75) is 13.0 Å². The Morgan fingerprint density at radius 2 is 1.84 bits per heavy atom. The molecule has 0 saturated carbocycles. The average molecular weight is 445 g/mol. The smallest absolute Gasteiger partial charge is 0.128 e. The highest BCUT2D eigenvalue weighted by atomic mass is 35.5. The van der Waals surface area contributed by atoms with E-state index in [1.807, 2.05) is 42.7 Å². The van der Waals surface area contributed by atoms with Crippen LogP contribution in [0.2, 0.25) is 5.02 Å². The molecule has 3 heterocycles. The van der Waals surface area contributed by atoms with Crippen LogP contribution in [0.1, 0.15) is 18.5 Å². The molecule has 1 saturated heterocycles. The SMILES string of the molecule is CC(Nc1ccc(Cl)c(-c2nccc3ccccc23)c1)c1ccc(N2CCOCC2)nc1. The van der Waals surface area contributed by atoms with Gasteiger partial charge in [0.2, 0.25) is 0 Å². The number of halogens is 1. The first-order chi connectivity index (χ1) is 15.7. The summed E-state index contributed by atoms with van der Waals surface area (Å²) in [6, 6.07) is 20.6. The van der Waals surface area contributed by atoms with E-state index >= 15 is 0 Å². The van der Waals surface area contributed by atoms with Gasteiger partial charge in [0.1, 0.15) is 5.82 Å². The largest absolute Gasteiger partial charge is 0.378 e. The zero-order valence-electron chi connectivity index (χ0n) is 18.0. The summed E-state index contributed by atoms with van der Waals surface area (Å²) in [7, 11) is 0. The van der Waals surface area contributed by atoms with E-state index in [0.29, 0.717) is 5.02 Å². The van der Waals surface area contributed by atoms with E-state index in [0.717, 1.165) is 65.4 Å². The highest BCUT2D eigenvalue weighted by molar-refractivity contribution is 6.33. The molecular weight excluding hydrogens is 420 g/mol. The van der Waals surface area contributed by atoms with E-state index in [4.69, 9.17) is 16.3 Å². The van der Waals surface area contributed by atoms with Crippen molar-refractivity contribution in [2.75, 3.05) is 36.5 Å². The molecule has 0 amide bonds. The molecule has 6 heteroatoms. The highest BCUT2D eigenvalue weighted by Gasteiger charge is 2.14. The van der Waals surface area contributed by atoms with Crippen molar-refractivity contribution in [3.63, 3.8) is 0 Å². The monoisotopic (exact) mass is 444 g/mol. The number of hydrogen-bond acceptors (Lipinski definition) is 5. The lowest BCUT2D eigenvalue weighted by molar-refractivity contribution is 0.122. The molecule has 1 fully saturated rings. The van der Waals surface area contributed by atoms with Gasteiger partial charge < -0.3 is 15.0 Å². The summed E-state index contributed by atoms with van der Waals surface area (Å²) < 4.78 is 5.43. The Balaban J connectivity index is 1.38. The number of ether oxygens (including phenoxy) is 1. The molecule has 0 radical (unpaired) electrons. The number of fused-ring (bicyclic) bond motifs is 1. The van der Waals surface area contributed by atoms with Crippen molar-refractivity contribution in [3.05, 3.63) is 83.6 Å². The second kappa shape index (κ2) is 9.15. The minimum Gasteiger partial charge on any atom is -0.378 e. The van der Waals surface area contributed by atoms with Crippen molar-refractivity contribution in [2.24, 2.45) is 0 Å². The summed E-state index contributed by atoms with van der Waals surface area (Å²) in [5.41, 5.74) is 3.92. The van der Waals surface area contributed by atoms with Crippen LogP contribution in [0, 0.1) is 0 Å². The fourth-order valence-electron chi connectivity index (χ4n) is 4.10. The molecule has 1 N–H and O–H groups in total. The van der Waals surface area contributed by atoms with Crippen molar-refractivity contribution in [3.8, 4) is 11.3 Å². The van der Waals surface area contributed by atoms with Crippen LogP contribution in [-0.4, -0.2) is 36.3 Å². The number of aromatic nitrogens is 2. The van der Waals surface area contributed by atoms with Gasteiger partial charge in [0.25, 0.3) is 0 Å². The van der Waals surface area contributed by atoms with Crippen LogP contribution in [0.25, 0.3) is 22.0 Å². The maximum absolute atomic E-state index is 6.58. The van der Waals surface area contributed by atoms with Crippen molar-refractivity contribution in [1.29, 1.82) is 0 Å². The third-order valence-corrected chi connectivity index (χ3v) is 6.21. The predicted octanol–water partition coefficient (Wildman–Crippen LogP) is 5.96. The van der Waals surface area contributed by atoms with Gasteiger partial charge >= 0.3 is 0 Å². The Morgan fingerprint density at radius 3 is 2.66 bits per heavy atom. The lowest BCUT2D eigenvalue weighted by Gasteiger charge is -2.28. The summed E-state index contributed by atoms with van der Waals surface area (Å²) in [5, 5.41) is 6.50. The molecule has 1 aliphatic heterocycles. The molecule has 1 atom stereocenters. The molecule has 0 bridgehead atoms. The molecule has 2 aromatic heterocycles. The maximum atomic E-state index is 6.58. The predicted molar refractivity (Wildman–Crippen MR) is 131 cm³/mol. The molecule has 2 aromatic carbocycles. The van der Waals surface area contributed by atoms with Gasteiger partial charge in [-0.05, 0) is 48.2 Å². The van der Waals surface area contributed by atoms with Crippen molar-refractivity contribution in [1.82, 2.24) is 9.97 Å². The third-order valence-electron chi connectivity index (χ3n) is 5.88. The van der Waals surface area contributed by atoms with Crippen LogP contribution < -0.4 is 10.2 Å². The summed E-state index contributed by atoms with van der Waals surface area (Å²) in [4.78, 5) is 11.6. The number of pyridine rings is 2. The Morgan fingerprint density at radius 1 is 1.00 bits per heavy atom. The Labute approximate surface area is 193 Å². The first-order valence-corrected chi connectivity index (χ1v) is 11.3. The van der Waals surface area contributed by atoms with Crippen molar-refractivity contribution >= 4 is 33.9 Å². The van der Waals surface area contributed by atoms with Crippen LogP contribution in [-0.2, 0) is 4.74 Å². The van der Waals surface area contributed by atoms with Gasteiger partial charge in [0.15, 0.2) is 0 Å². The second-order valence-corrected chi connectivity index (χ2v) is 8.40. The quantitative estimate of drug-likeness (QED) is 0.411. The zero-order chi connectivity index (χ0) is 21.9. The fraction of sp³-hybridized carbons (Fsp3) is 0.231. The summed E-state index contributed by atoms with van der Waals surface area (Å²) in [6.07, 6.45) is 3.78. The van der Waals surface area contributed by atoms with E-state index in [2.05, 4.69) is 57.4 Å². The van der Waals surface area contributed by atoms with Crippen LogP contribution in [0.15, 0.2) is 73.1 Å². The number of anilines is 2. The van der Waals surface area contributed by atoms with E-state index in [9.17, 15) is 0 Å². The molecule has 162 valence electrons. The highest BCUT2D eigenvalue weighted by Crippen LogP contribution is 2.34. The zero-order valence-corrected chi connectivity index (χ0v) is 18.7. The summed E-state index contributed by atoms with van der Waals surface area (Å²) >= 11 is 6.58. The topological polar surface area (TPSA) is 50.3 Å². The van der Waals surface area contributed by atoms with Gasteiger partial charge in [0, 0.05) is 42.1 Å². The van der Waals surface area contributed by atoms with Gasteiger partial charge in [0.05, 0.1) is 30.0 Å². The number of benzene rings is 2. The normalized spacial score (nSPS) is 15.0. The molecule has 1 unspecified atom stereocenters. The Kier molecular flexibility index (Phi) is 5.93. The molecular formula is C26H25ClN4O. The van der Waals surface area contributed by atoms with E-state index in [1.165, 1.54) is 0 Å². The van der Waals surface area contributed by atoms with Gasteiger partial charge in [-0.15, -0.1) is 0 Å². The molecule has 32 heavy (non-hydrogen) atoms. The van der Waals surface area contributed by atoms with Gasteiger partial charge in [-0.1, -0.05) is 41.9 Å². The lowest BCUT2D eigenvalue weighted by atomic mass is 10.0. The molecule has 5 nitrogen and oxygen atoms in total.